The molecule has 88 valence electrons. The van der Waals surface area contributed by atoms with Crippen LogP contribution in [0.25, 0.3) is 21.5 Å². The zero-order valence-electron chi connectivity index (χ0n) is 9.33. The Morgan fingerprint density at radius 1 is 1.17 bits per heavy atom. The summed E-state index contributed by atoms with van der Waals surface area (Å²) in [6.07, 6.45) is 0.817. The first kappa shape index (κ1) is 10.9. The first-order valence-corrected chi connectivity index (χ1v) is 6.17. The van der Waals surface area contributed by atoms with Crippen LogP contribution in [0.5, 0.6) is 0 Å². The second-order valence-electron chi connectivity index (χ2n) is 3.78. The van der Waals surface area contributed by atoms with Gasteiger partial charge in [-0.3, -0.25) is 4.79 Å². The van der Waals surface area contributed by atoms with Crippen LogP contribution in [0.3, 0.4) is 0 Å². The number of aromatic nitrogens is 2. The third kappa shape index (κ3) is 1.74. The number of nitrogens with two attached hydrogens (primary N) is 1. The van der Waals surface area contributed by atoms with Gasteiger partial charge in [-0.25, -0.2) is 9.97 Å². The minimum atomic E-state index is 0.223. The molecule has 2 heterocycles. The van der Waals surface area contributed by atoms with Crippen molar-refractivity contribution in [1.82, 2.24) is 9.97 Å². The second-order valence-corrected chi connectivity index (χ2v) is 4.84. The van der Waals surface area contributed by atoms with E-state index in [2.05, 4.69) is 9.97 Å². The van der Waals surface area contributed by atoms with Crippen molar-refractivity contribution in [3.05, 3.63) is 41.3 Å². The Hall–Kier alpha value is -2.27. The molecule has 0 saturated carbocycles. The zero-order valence-corrected chi connectivity index (χ0v) is 10.1. The molecule has 1 aromatic carbocycles. The molecule has 0 aliphatic rings. The number of anilines is 1. The summed E-state index contributed by atoms with van der Waals surface area (Å²) >= 11 is 1.32. The smallest absolute Gasteiger partial charge is 0.221 e. The van der Waals surface area contributed by atoms with E-state index in [0.717, 1.165) is 27.8 Å². The Morgan fingerprint density at radius 2 is 1.94 bits per heavy atom. The van der Waals surface area contributed by atoms with Crippen LogP contribution in [-0.4, -0.2) is 16.3 Å². The molecule has 0 bridgehead atoms. The first-order chi connectivity index (χ1) is 8.78. The molecule has 0 atom stereocenters. The minimum Gasteiger partial charge on any atom is -0.368 e. The van der Waals surface area contributed by atoms with E-state index in [4.69, 9.17) is 5.73 Å². The fourth-order valence-corrected chi connectivity index (χ4v) is 2.68. The summed E-state index contributed by atoms with van der Waals surface area (Å²) < 4.78 is 0. The average molecular weight is 255 g/mol. The van der Waals surface area contributed by atoms with E-state index >= 15 is 0 Å². The second kappa shape index (κ2) is 4.19. The number of aldehydes is 1. The lowest BCUT2D eigenvalue weighted by atomic mass is 10.1. The van der Waals surface area contributed by atoms with E-state index in [0.29, 0.717) is 4.88 Å². The molecule has 2 aromatic heterocycles. The molecule has 0 saturated heterocycles. The van der Waals surface area contributed by atoms with Crippen molar-refractivity contribution >= 4 is 33.8 Å². The predicted molar refractivity (Wildman–Crippen MR) is 72.7 cm³/mol. The number of carbonyl (C=O) groups is 1. The first-order valence-electron chi connectivity index (χ1n) is 5.35. The average Bonchev–Trinajstić information content (AvgIpc) is 2.81. The Bertz CT molecular complexity index is 722. The maximum absolute atomic E-state index is 10.8. The van der Waals surface area contributed by atoms with Gasteiger partial charge in [0.15, 0.2) is 6.29 Å². The zero-order chi connectivity index (χ0) is 12.5. The van der Waals surface area contributed by atoms with Gasteiger partial charge >= 0.3 is 0 Å². The van der Waals surface area contributed by atoms with Crippen molar-refractivity contribution in [3.8, 4) is 11.3 Å². The van der Waals surface area contributed by atoms with Gasteiger partial charge in [-0.2, -0.15) is 0 Å². The highest BCUT2D eigenvalue weighted by Gasteiger charge is 2.11. The SMILES string of the molecule is Nc1nc(-c2ccccc2)c2cc(C=O)sc2n1. The van der Waals surface area contributed by atoms with Crippen molar-refractivity contribution in [3.63, 3.8) is 0 Å². The van der Waals surface area contributed by atoms with Crippen LogP contribution < -0.4 is 5.73 Å². The number of hydrogen-bond donors (Lipinski definition) is 1. The number of rotatable bonds is 2. The summed E-state index contributed by atoms with van der Waals surface area (Å²) in [5.41, 5.74) is 7.44. The third-order valence-electron chi connectivity index (χ3n) is 2.59. The van der Waals surface area contributed by atoms with Crippen LogP contribution in [0.15, 0.2) is 36.4 Å². The van der Waals surface area contributed by atoms with Gasteiger partial charge in [0.1, 0.15) is 4.83 Å². The van der Waals surface area contributed by atoms with Crippen LogP contribution in [0, 0.1) is 0 Å². The number of benzene rings is 1. The van der Waals surface area contributed by atoms with Gasteiger partial charge in [0.25, 0.3) is 0 Å². The van der Waals surface area contributed by atoms with Gasteiger partial charge in [0, 0.05) is 10.9 Å². The van der Waals surface area contributed by atoms with Gasteiger partial charge in [-0.15, -0.1) is 11.3 Å². The molecule has 0 aliphatic carbocycles. The Kier molecular flexibility index (Phi) is 2.53. The summed E-state index contributed by atoms with van der Waals surface area (Å²) in [6, 6.07) is 11.5. The molecule has 0 fully saturated rings. The topological polar surface area (TPSA) is 68.9 Å². The van der Waals surface area contributed by atoms with Crippen molar-refractivity contribution in [2.75, 3.05) is 5.73 Å². The van der Waals surface area contributed by atoms with Gasteiger partial charge in [-0.1, -0.05) is 30.3 Å². The number of hydrogen-bond acceptors (Lipinski definition) is 5. The molecule has 18 heavy (non-hydrogen) atoms. The maximum atomic E-state index is 10.8. The Balaban J connectivity index is 2.34. The molecule has 0 spiro atoms. The highest BCUT2D eigenvalue weighted by atomic mass is 32.1. The molecule has 0 amide bonds. The summed E-state index contributed by atoms with van der Waals surface area (Å²) in [4.78, 5) is 20.6. The lowest BCUT2D eigenvalue weighted by Gasteiger charge is -2.03. The van der Waals surface area contributed by atoms with E-state index in [9.17, 15) is 4.79 Å². The maximum Gasteiger partial charge on any atom is 0.221 e. The fourth-order valence-electron chi connectivity index (χ4n) is 1.83. The Labute approximate surface area is 107 Å². The van der Waals surface area contributed by atoms with Crippen LogP contribution >= 0.6 is 11.3 Å². The summed E-state index contributed by atoms with van der Waals surface area (Å²) in [5, 5.41) is 0.863. The molecule has 2 N–H and O–H groups in total. The van der Waals surface area contributed by atoms with E-state index < -0.39 is 0 Å². The van der Waals surface area contributed by atoms with Crippen molar-refractivity contribution in [2.24, 2.45) is 0 Å². The fraction of sp³-hybridized carbons (Fsp3) is 0. The largest absolute Gasteiger partial charge is 0.368 e. The number of carbonyl (C=O) groups excluding carboxylic acids is 1. The molecular formula is C13H9N3OS. The molecule has 3 rings (SSSR count). The van der Waals surface area contributed by atoms with Gasteiger partial charge < -0.3 is 5.73 Å². The number of nitrogens with zero attached hydrogens (tertiary/aromatic N) is 2. The van der Waals surface area contributed by atoms with Crippen molar-refractivity contribution in [2.45, 2.75) is 0 Å². The predicted octanol–water partition coefficient (Wildman–Crippen LogP) is 2.75. The lowest BCUT2D eigenvalue weighted by molar-refractivity contribution is 0.112. The van der Waals surface area contributed by atoms with Gasteiger partial charge in [0.2, 0.25) is 5.95 Å². The molecular weight excluding hydrogens is 246 g/mol. The van der Waals surface area contributed by atoms with E-state index in [1.807, 2.05) is 30.3 Å². The van der Waals surface area contributed by atoms with Crippen LogP contribution in [0.4, 0.5) is 5.95 Å². The van der Waals surface area contributed by atoms with Crippen molar-refractivity contribution < 1.29 is 4.79 Å². The summed E-state index contributed by atoms with van der Waals surface area (Å²) in [6.45, 7) is 0. The number of nitrogen functional groups attached to an aromatic ring is 1. The molecule has 0 aliphatic heterocycles. The van der Waals surface area contributed by atoms with Crippen molar-refractivity contribution in [1.29, 1.82) is 0 Å². The lowest BCUT2D eigenvalue weighted by Crippen LogP contribution is -1.96. The highest BCUT2D eigenvalue weighted by molar-refractivity contribution is 7.20. The van der Waals surface area contributed by atoms with Crippen LogP contribution in [-0.2, 0) is 0 Å². The highest BCUT2D eigenvalue weighted by Crippen LogP contribution is 2.31. The van der Waals surface area contributed by atoms with Gasteiger partial charge in [-0.05, 0) is 6.07 Å². The van der Waals surface area contributed by atoms with E-state index in [-0.39, 0.29) is 5.95 Å². The quantitative estimate of drug-likeness (QED) is 0.715. The molecule has 5 heteroatoms. The molecule has 4 nitrogen and oxygen atoms in total. The monoisotopic (exact) mass is 255 g/mol. The minimum absolute atomic E-state index is 0.223. The standard InChI is InChI=1S/C13H9N3OS/c14-13-15-11(8-4-2-1-3-5-8)10-6-9(7-17)18-12(10)16-13/h1-7H,(H2,14,15,16). The number of fused-ring (bicyclic) bond motifs is 1. The molecule has 0 unspecified atom stereocenters. The number of thiophene rings is 1. The summed E-state index contributed by atoms with van der Waals surface area (Å²) in [7, 11) is 0. The van der Waals surface area contributed by atoms with Gasteiger partial charge in [0.05, 0.1) is 10.6 Å². The normalized spacial score (nSPS) is 10.7. The summed E-state index contributed by atoms with van der Waals surface area (Å²) in [5.74, 6) is 0.223. The van der Waals surface area contributed by atoms with E-state index in [1.165, 1.54) is 11.3 Å². The molecule has 3 aromatic rings. The van der Waals surface area contributed by atoms with Crippen LogP contribution in [0.2, 0.25) is 0 Å². The third-order valence-corrected chi connectivity index (χ3v) is 3.55. The Morgan fingerprint density at radius 3 is 2.67 bits per heavy atom. The van der Waals surface area contributed by atoms with E-state index in [1.54, 1.807) is 6.07 Å². The molecule has 0 radical (unpaired) electrons. The van der Waals surface area contributed by atoms with Crippen LogP contribution in [0.1, 0.15) is 9.67 Å².